The standard InChI is InChI=1S/C15H11BrClNO2/c1-9(19)10-2-5-12(6-3-10)18-15(20)13-8-11(16)4-7-14(13)17/h2-8H,1H3,(H,18,20). The van der Waals surface area contributed by atoms with Crippen LogP contribution in [-0.2, 0) is 0 Å². The van der Waals surface area contributed by atoms with Gasteiger partial charge in [0, 0.05) is 15.7 Å². The van der Waals surface area contributed by atoms with Crippen molar-refractivity contribution in [2.24, 2.45) is 0 Å². The highest BCUT2D eigenvalue weighted by Crippen LogP contribution is 2.22. The Bertz CT molecular complexity index is 668. The van der Waals surface area contributed by atoms with E-state index in [-0.39, 0.29) is 11.7 Å². The maximum absolute atomic E-state index is 12.1. The van der Waals surface area contributed by atoms with E-state index in [0.29, 0.717) is 21.8 Å². The summed E-state index contributed by atoms with van der Waals surface area (Å²) in [7, 11) is 0. The molecule has 0 aliphatic carbocycles. The van der Waals surface area contributed by atoms with Crippen molar-refractivity contribution in [3.05, 3.63) is 63.1 Å². The average molecular weight is 353 g/mol. The third-order valence-corrected chi connectivity index (χ3v) is 3.55. The number of carbonyl (C=O) groups excluding carboxylic acids is 2. The molecular formula is C15H11BrClNO2. The lowest BCUT2D eigenvalue weighted by molar-refractivity contribution is 0.101. The van der Waals surface area contributed by atoms with Crippen molar-refractivity contribution in [1.82, 2.24) is 0 Å². The number of carbonyl (C=O) groups is 2. The summed E-state index contributed by atoms with van der Waals surface area (Å²) in [5.74, 6) is -0.315. The summed E-state index contributed by atoms with van der Waals surface area (Å²) in [6, 6.07) is 11.8. The summed E-state index contributed by atoms with van der Waals surface area (Å²) in [5.41, 5.74) is 1.59. The highest BCUT2D eigenvalue weighted by molar-refractivity contribution is 9.10. The normalized spacial score (nSPS) is 10.2. The summed E-state index contributed by atoms with van der Waals surface area (Å²) in [6.07, 6.45) is 0. The van der Waals surface area contributed by atoms with Gasteiger partial charge in [0.05, 0.1) is 10.6 Å². The van der Waals surface area contributed by atoms with E-state index < -0.39 is 0 Å². The fourth-order valence-electron chi connectivity index (χ4n) is 1.66. The third kappa shape index (κ3) is 3.46. The average Bonchev–Trinajstić information content (AvgIpc) is 2.42. The lowest BCUT2D eigenvalue weighted by Crippen LogP contribution is -2.12. The zero-order chi connectivity index (χ0) is 14.7. The van der Waals surface area contributed by atoms with Crippen molar-refractivity contribution in [1.29, 1.82) is 0 Å². The maximum Gasteiger partial charge on any atom is 0.257 e. The van der Waals surface area contributed by atoms with Crippen molar-refractivity contribution >= 4 is 44.9 Å². The van der Waals surface area contributed by atoms with Gasteiger partial charge in [-0.25, -0.2) is 0 Å². The van der Waals surface area contributed by atoms with Gasteiger partial charge < -0.3 is 5.32 Å². The molecule has 0 atom stereocenters. The van der Waals surface area contributed by atoms with Crippen LogP contribution in [0.2, 0.25) is 5.02 Å². The second-order valence-corrected chi connectivity index (χ2v) is 5.53. The predicted octanol–water partition coefficient (Wildman–Crippen LogP) is 4.56. The first-order valence-electron chi connectivity index (χ1n) is 5.85. The van der Waals surface area contributed by atoms with Gasteiger partial charge in [-0.1, -0.05) is 27.5 Å². The molecule has 102 valence electrons. The zero-order valence-corrected chi connectivity index (χ0v) is 13.0. The second kappa shape index (κ2) is 6.20. The van der Waals surface area contributed by atoms with Gasteiger partial charge in [0.15, 0.2) is 5.78 Å². The van der Waals surface area contributed by atoms with E-state index in [1.807, 2.05) is 0 Å². The Kier molecular flexibility index (Phi) is 4.57. The molecule has 1 amide bonds. The van der Waals surface area contributed by atoms with E-state index in [1.165, 1.54) is 6.92 Å². The van der Waals surface area contributed by atoms with Gasteiger partial charge in [-0.3, -0.25) is 9.59 Å². The van der Waals surface area contributed by atoms with Gasteiger partial charge in [-0.05, 0) is 49.4 Å². The molecule has 2 aromatic carbocycles. The molecule has 0 saturated heterocycles. The largest absolute Gasteiger partial charge is 0.322 e. The van der Waals surface area contributed by atoms with Gasteiger partial charge in [0.2, 0.25) is 0 Å². The molecule has 0 aromatic heterocycles. The van der Waals surface area contributed by atoms with Gasteiger partial charge in [-0.2, -0.15) is 0 Å². The van der Waals surface area contributed by atoms with Crippen LogP contribution in [0.3, 0.4) is 0 Å². The lowest BCUT2D eigenvalue weighted by atomic mass is 10.1. The number of benzene rings is 2. The first kappa shape index (κ1) is 14.8. The number of rotatable bonds is 3. The van der Waals surface area contributed by atoms with E-state index in [2.05, 4.69) is 21.2 Å². The summed E-state index contributed by atoms with van der Waals surface area (Å²) in [4.78, 5) is 23.3. The highest BCUT2D eigenvalue weighted by atomic mass is 79.9. The van der Waals surface area contributed by atoms with E-state index in [4.69, 9.17) is 11.6 Å². The van der Waals surface area contributed by atoms with Crippen LogP contribution in [0.15, 0.2) is 46.9 Å². The Morgan fingerprint density at radius 3 is 2.35 bits per heavy atom. The molecule has 0 bridgehead atoms. The number of amides is 1. The molecule has 0 aliphatic heterocycles. The van der Waals surface area contributed by atoms with Crippen LogP contribution >= 0.6 is 27.5 Å². The Balaban J connectivity index is 2.19. The Morgan fingerprint density at radius 1 is 1.10 bits per heavy atom. The molecule has 1 N–H and O–H groups in total. The van der Waals surface area contributed by atoms with Crippen LogP contribution in [-0.4, -0.2) is 11.7 Å². The van der Waals surface area contributed by atoms with Crippen LogP contribution < -0.4 is 5.32 Å². The number of Topliss-reactive ketones (excluding diaryl/α,β-unsaturated/α-hetero) is 1. The molecule has 0 spiro atoms. The van der Waals surface area contributed by atoms with E-state index in [9.17, 15) is 9.59 Å². The summed E-state index contributed by atoms with van der Waals surface area (Å²) < 4.78 is 0.777. The van der Waals surface area contributed by atoms with Gasteiger partial charge in [0.1, 0.15) is 0 Å². The first-order valence-corrected chi connectivity index (χ1v) is 7.02. The summed E-state index contributed by atoms with van der Waals surface area (Å²) >= 11 is 9.30. The maximum atomic E-state index is 12.1. The molecule has 0 heterocycles. The SMILES string of the molecule is CC(=O)c1ccc(NC(=O)c2cc(Br)ccc2Cl)cc1. The molecule has 20 heavy (non-hydrogen) atoms. The molecule has 3 nitrogen and oxygen atoms in total. The number of hydrogen-bond donors (Lipinski definition) is 1. The lowest BCUT2D eigenvalue weighted by Gasteiger charge is -2.07. The van der Waals surface area contributed by atoms with Crippen molar-refractivity contribution in [3.63, 3.8) is 0 Å². The van der Waals surface area contributed by atoms with Crippen molar-refractivity contribution in [2.45, 2.75) is 6.92 Å². The minimum Gasteiger partial charge on any atom is -0.322 e. The van der Waals surface area contributed by atoms with E-state index in [1.54, 1.807) is 42.5 Å². The van der Waals surface area contributed by atoms with Crippen molar-refractivity contribution in [2.75, 3.05) is 5.32 Å². The molecule has 2 aromatic rings. The first-order chi connectivity index (χ1) is 9.47. The monoisotopic (exact) mass is 351 g/mol. The van der Waals surface area contributed by atoms with Gasteiger partial charge in [0.25, 0.3) is 5.91 Å². The molecule has 0 radical (unpaired) electrons. The topological polar surface area (TPSA) is 46.2 Å². The molecule has 0 aliphatic rings. The van der Waals surface area contributed by atoms with Crippen LogP contribution in [0.5, 0.6) is 0 Å². The number of ketones is 1. The van der Waals surface area contributed by atoms with E-state index >= 15 is 0 Å². The fourth-order valence-corrected chi connectivity index (χ4v) is 2.22. The predicted molar refractivity (Wildman–Crippen MR) is 83.6 cm³/mol. The quantitative estimate of drug-likeness (QED) is 0.823. The summed E-state index contributed by atoms with van der Waals surface area (Å²) in [6.45, 7) is 1.49. The Morgan fingerprint density at radius 2 is 1.75 bits per heavy atom. The van der Waals surface area contributed by atoms with Gasteiger partial charge >= 0.3 is 0 Å². The number of hydrogen-bond acceptors (Lipinski definition) is 2. The van der Waals surface area contributed by atoms with Crippen molar-refractivity contribution in [3.8, 4) is 0 Å². The van der Waals surface area contributed by atoms with Crippen LogP contribution in [0.25, 0.3) is 0 Å². The Hall–Kier alpha value is -1.65. The number of halogens is 2. The van der Waals surface area contributed by atoms with Gasteiger partial charge in [-0.15, -0.1) is 0 Å². The van der Waals surface area contributed by atoms with Crippen LogP contribution in [0.4, 0.5) is 5.69 Å². The summed E-state index contributed by atoms with van der Waals surface area (Å²) in [5, 5.41) is 3.12. The fraction of sp³-hybridized carbons (Fsp3) is 0.0667. The number of anilines is 1. The van der Waals surface area contributed by atoms with E-state index in [0.717, 1.165) is 4.47 Å². The molecule has 5 heteroatoms. The highest BCUT2D eigenvalue weighted by Gasteiger charge is 2.11. The van der Waals surface area contributed by atoms with Crippen LogP contribution in [0.1, 0.15) is 27.6 Å². The number of nitrogens with one attached hydrogen (secondary N) is 1. The second-order valence-electron chi connectivity index (χ2n) is 4.21. The zero-order valence-electron chi connectivity index (χ0n) is 10.6. The van der Waals surface area contributed by atoms with Crippen LogP contribution in [0, 0.1) is 0 Å². The third-order valence-electron chi connectivity index (χ3n) is 2.72. The smallest absolute Gasteiger partial charge is 0.257 e. The minimum absolute atomic E-state index is 0.0158. The molecule has 2 rings (SSSR count). The Labute approximate surface area is 130 Å². The molecular weight excluding hydrogens is 342 g/mol. The molecule has 0 unspecified atom stereocenters. The molecule has 0 saturated carbocycles. The van der Waals surface area contributed by atoms with Crippen molar-refractivity contribution < 1.29 is 9.59 Å². The molecule has 0 fully saturated rings. The minimum atomic E-state index is -0.299.